The van der Waals surface area contributed by atoms with Crippen LogP contribution in [0.4, 0.5) is 4.39 Å². The lowest BCUT2D eigenvalue weighted by Gasteiger charge is -2.37. The third-order valence-electron chi connectivity index (χ3n) is 5.87. The van der Waals surface area contributed by atoms with Crippen molar-refractivity contribution >= 4 is 5.97 Å². The number of halogens is 1. The number of carbonyl (C=O) groups excluding carboxylic acids is 1. The van der Waals surface area contributed by atoms with Crippen molar-refractivity contribution in [3.8, 4) is 5.75 Å². The van der Waals surface area contributed by atoms with Crippen molar-refractivity contribution in [2.45, 2.75) is 51.6 Å². The smallest absolute Gasteiger partial charge is 0.338 e. The number of morpholine rings is 1. The Hall–Kier alpha value is -1.66. The van der Waals surface area contributed by atoms with E-state index in [2.05, 4.69) is 4.90 Å². The highest BCUT2D eigenvalue weighted by Gasteiger charge is 2.33. The van der Waals surface area contributed by atoms with Crippen LogP contribution in [-0.4, -0.2) is 55.9 Å². The third kappa shape index (κ3) is 5.67. The second-order valence-corrected chi connectivity index (χ2v) is 8.28. The van der Waals surface area contributed by atoms with Gasteiger partial charge in [0.05, 0.1) is 18.8 Å². The molecule has 156 valence electrons. The predicted octanol–water partition coefficient (Wildman–Crippen LogP) is 4.05. The van der Waals surface area contributed by atoms with Crippen molar-refractivity contribution in [1.82, 2.24) is 4.90 Å². The van der Waals surface area contributed by atoms with Gasteiger partial charge in [-0.3, -0.25) is 4.90 Å². The molecule has 28 heavy (non-hydrogen) atoms. The van der Waals surface area contributed by atoms with E-state index in [0.29, 0.717) is 37.8 Å². The fourth-order valence-electron chi connectivity index (χ4n) is 4.05. The number of nitrogens with zero attached hydrogens (tertiary/aromatic N) is 1. The van der Waals surface area contributed by atoms with Gasteiger partial charge in [-0.1, -0.05) is 19.3 Å². The first-order valence-electron chi connectivity index (χ1n) is 10.4. The molecule has 5 nitrogen and oxygen atoms in total. The minimum atomic E-state index is -0.472. The predicted molar refractivity (Wildman–Crippen MR) is 105 cm³/mol. The van der Waals surface area contributed by atoms with Gasteiger partial charge < -0.3 is 14.2 Å². The van der Waals surface area contributed by atoms with Crippen LogP contribution in [0.3, 0.4) is 0 Å². The summed E-state index contributed by atoms with van der Waals surface area (Å²) in [5.41, 5.74) is -0.155. The molecule has 1 aromatic rings. The maximum absolute atomic E-state index is 14.3. The molecule has 1 heterocycles. The van der Waals surface area contributed by atoms with Crippen LogP contribution >= 0.6 is 0 Å². The molecule has 0 amide bonds. The molecule has 1 saturated carbocycles. The maximum Gasteiger partial charge on any atom is 0.338 e. The summed E-state index contributed by atoms with van der Waals surface area (Å²) in [5, 5.41) is 0. The minimum Gasteiger partial charge on any atom is -0.484 e. The molecule has 0 bridgehead atoms. The number of esters is 1. The maximum atomic E-state index is 14.3. The Labute approximate surface area is 167 Å². The van der Waals surface area contributed by atoms with E-state index in [9.17, 15) is 9.18 Å². The summed E-state index contributed by atoms with van der Waals surface area (Å²) in [4.78, 5) is 14.6. The molecular weight excluding hydrogens is 361 g/mol. The van der Waals surface area contributed by atoms with Crippen LogP contribution in [0.5, 0.6) is 5.75 Å². The molecule has 2 aliphatic rings. The molecule has 0 N–H and O–H groups in total. The van der Waals surface area contributed by atoms with E-state index in [1.807, 2.05) is 13.8 Å². The van der Waals surface area contributed by atoms with E-state index in [4.69, 9.17) is 14.2 Å². The standard InChI is InChI=1S/C22H32FNO4/c1-22(2,18-6-4-3-5-7-18)28-20-16-17(8-9-19(20)23)21(25)27-15-12-24-10-13-26-14-11-24/h8-9,16,18H,3-7,10-15H2,1-2H3. The monoisotopic (exact) mass is 393 g/mol. The quantitative estimate of drug-likeness (QED) is 0.654. The van der Waals surface area contributed by atoms with E-state index in [0.717, 1.165) is 25.9 Å². The van der Waals surface area contributed by atoms with Crippen molar-refractivity contribution < 1.29 is 23.4 Å². The van der Waals surface area contributed by atoms with Gasteiger partial charge in [0.2, 0.25) is 0 Å². The van der Waals surface area contributed by atoms with Gasteiger partial charge in [-0.15, -0.1) is 0 Å². The molecular formula is C22H32FNO4. The molecule has 0 unspecified atom stereocenters. The summed E-state index contributed by atoms with van der Waals surface area (Å²) in [7, 11) is 0. The molecule has 0 atom stereocenters. The topological polar surface area (TPSA) is 48.0 Å². The SMILES string of the molecule is CC(C)(Oc1cc(C(=O)OCCN2CCOCC2)ccc1F)C1CCCCC1. The van der Waals surface area contributed by atoms with Crippen molar-refractivity contribution in [2.75, 3.05) is 39.5 Å². The first-order chi connectivity index (χ1) is 13.5. The summed E-state index contributed by atoms with van der Waals surface area (Å²) >= 11 is 0. The molecule has 2 fully saturated rings. The summed E-state index contributed by atoms with van der Waals surface area (Å²) < 4.78 is 31.1. The lowest BCUT2D eigenvalue weighted by atomic mass is 9.79. The minimum absolute atomic E-state index is 0.123. The molecule has 0 aromatic heterocycles. The van der Waals surface area contributed by atoms with Crippen LogP contribution in [-0.2, 0) is 9.47 Å². The lowest BCUT2D eigenvalue weighted by molar-refractivity contribution is 0.0183. The molecule has 3 rings (SSSR count). The highest BCUT2D eigenvalue weighted by atomic mass is 19.1. The summed E-state index contributed by atoms with van der Waals surface area (Å²) in [5.74, 6) is -0.384. The van der Waals surface area contributed by atoms with Gasteiger partial charge in [-0.05, 0) is 50.8 Å². The zero-order valence-corrected chi connectivity index (χ0v) is 17.0. The van der Waals surface area contributed by atoms with Crippen LogP contribution in [0.15, 0.2) is 18.2 Å². The molecule has 1 aromatic carbocycles. The van der Waals surface area contributed by atoms with E-state index >= 15 is 0 Å². The van der Waals surface area contributed by atoms with Gasteiger partial charge in [-0.2, -0.15) is 0 Å². The Morgan fingerprint density at radius 3 is 2.64 bits per heavy atom. The zero-order valence-electron chi connectivity index (χ0n) is 17.0. The van der Waals surface area contributed by atoms with Gasteiger partial charge in [0, 0.05) is 19.6 Å². The Kier molecular flexibility index (Phi) is 7.30. The Morgan fingerprint density at radius 2 is 1.93 bits per heavy atom. The highest BCUT2D eigenvalue weighted by Crippen LogP contribution is 2.36. The summed E-state index contributed by atoms with van der Waals surface area (Å²) in [6, 6.07) is 4.20. The first-order valence-corrected chi connectivity index (χ1v) is 10.4. The molecule has 1 saturated heterocycles. The second-order valence-electron chi connectivity index (χ2n) is 8.28. The van der Waals surface area contributed by atoms with Gasteiger partial charge in [-0.25, -0.2) is 9.18 Å². The molecule has 1 aliphatic carbocycles. The van der Waals surface area contributed by atoms with Crippen molar-refractivity contribution in [3.63, 3.8) is 0 Å². The van der Waals surface area contributed by atoms with Gasteiger partial charge in [0.1, 0.15) is 12.2 Å². The van der Waals surface area contributed by atoms with Crippen molar-refractivity contribution in [3.05, 3.63) is 29.6 Å². The first kappa shape index (κ1) is 21.1. The van der Waals surface area contributed by atoms with Crippen LogP contribution in [0, 0.1) is 11.7 Å². The van der Waals surface area contributed by atoms with E-state index < -0.39 is 17.4 Å². The number of benzene rings is 1. The van der Waals surface area contributed by atoms with E-state index in [1.54, 1.807) is 0 Å². The van der Waals surface area contributed by atoms with Gasteiger partial charge in [0.25, 0.3) is 0 Å². The molecule has 0 radical (unpaired) electrons. The van der Waals surface area contributed by atoms with Crippen molar-refractivity contribution in [1.29, 1.82) is 0 Å². The highest BCUT2D eigenvalue weighted by molar-refractivity contribution is 5.89. The van der Waals surface area contributed by atoms with E-state index in [1.165, 1.54) is 37.5 Å². The average molecular weight is 393 g/mol. The summed E-state index contributed by atoms with van der Waals surface area (Å²) in [6.45, 7) is 8.12. The Morgan fingerprint density at radius 1 is 1.21 bits per heavy atom. The number of carbonyl (C=O) groups is 1. The number of ether oxygens (including phenoxy) is 3. The van der Waals surface area contributed by atoms with Gasteiger partial charge >= 0.3 is 5.97 Å². The molecule has 0 spiro atoms. The van der Waals surface area contributed by atoms with Gasteiger partial charge in [0.15, 0.2) is 11.6 Å². The second kappa shape index (κ2) is 9.70. The Bertz CT molecular complexity index is 652. The lowest BCUT2D eigenvalue weighted by Crippen LogP contribution is -2.39. The summed E-state index contributed by atoms with van der Waals surface area (Å²) in [6.07, 6.45) is 5.83. The van der Waals surface area contributed by atoms with E-state index in [-0.39, 0.29) is 5.75 Å². The molecule has 1 aliphatic heterocycles. The van der Waals surface area contributed by atoms with Crippen LogP contribution in [0.1, 0.15) is 56.3 Å². The van der Waals surface area contributed by atoms with Crippen molar-refractivity contribution in [2.24, 2.45) is 5.92 Å². The molecule has 6 heteroatoms. The largest absolute Gasteiger partial charge is 0.484 e. The number of hydrogen-bond acceptors (Lipinski definition) is 5. The van der Waals surface area contributed by atoms with Crippen LogP contribution < -0.4 is 4.74 Å². The van der Waals surface area contributed by atoms with Crippen LogP contribution in [0.2, 0.25) is 0 Å². The average Bonchev–Trinajstić information content (AvgIpc) is 2.71. The number of rotatable bonds is 7. The van der Waals surface area contributed by atoms with Crippen LogP contribution in [0.25, 0.3) is 0 Å². The zero-order chi connectivity index (χ0) is 20.0. The fourth-order valence-corrected chi connectivity index (χ4v) is 4.05. The normalized spacial score (nSPS) is 19.4. The Balaban J connectivity index is 1.57. The number of hydrogen-bond donors (Lipinski definition) is 0. The third-order valence-corrected chi connectivity index (χ3v) is 5.87. The fraction of sp³-hybridized carbons (Fsp3) is 0.682.